The van der Waals surface area contributed by atoms with Gasteiger partial charge in [-0.3, -0.25) is 14.6 Å². The number of esters is 1. The molecule has 1 aliphatic heterocycles. The van der Waals surface area contributed by atoms with Crippen molar-refractivity contribution < 1.29 is 45.4 Å². The van der Waals surface area contributed by atoms with E-state index in [-0.39, 0.29) is 56.0 Å². The van der Waals surface area contributed by atoms with Gasteiger partial charge in [0.15, 0.2) is 0 Å². The first-order valence-corrected chi connectivity index (χ1v) is 14.2. The third kappa shape index (κ3) is 9.88. The lowest BCUT2D eigenvalue weighted by Crippen LogP contribution is -2.49. The number of aromatic nitrogens is 1. The predicted octanol–water partition coefficient (Wildman–Crippen LogP) is 6.01. The molecule has 0 spiro atoms. The van der Waals surface area contributed by atoms with Gasteiger partial charge in [0.25, 0.3) is 0 Å². The zero-order valence-corrected chi connectivity index (χ0v) is 23.7. The van der Waals surface area contributed by atoms with Gasteiger partial charge in [-0.15, -0.1) is 0 Å². The first-order valence-electron chi connectivity index (χ1n) is 14.2. The fourth-order valence-corrected chi connectivity index (χ4v) is 5.11. The molecule has 1 aromatic heterocycles. The topological polar surface area (TPSA) is 77.5 Å². The molecule has 0 unspecified atom stereocenters. The molecule has 1 saturated heterocycles. The quantitative estimate of drug-likeness (QED) is 0.186. The van der Waals surface area contributed by atoms with E-state index >= 15 is 0 Å². The summed E-state index contributed by atoms with van der Waals surface area (Å²) in [4.78, 5) is 28.6. The lowest BCUT2D eigenvalue weighted by Gasteiger charge is -2.30. The minimum Gasteiger partial charge on any atom is -0.464 e. The number of pyridine rings is 1. The van der Waals surface area contributed by atoms with Crippen LogP contribution in [0.3, 0.4) is 0 Å². The molecule has 12 heteroatoms. The van der Waals surface area contributed by atoms with Crippen LogP contribution in [0.4, 0.5) is 26.3 Å². The molecule has 44 heavy (non-hydrogen) atoms. The molecule has 0 radical (unpaired) electrons. The standard InChI is InChI=1S/C32H32F6N2O4/c33-22-6-4-20(5-7-22)28(27-11-13-39-17-30(27)35)15-24(41)14-21-2-1-3-29(34)26(21)9-8-25-16-40-23(18-43-25)19-44-31(42)10-12-32(36,37)38/h1-7,11,13,17,23,25,28,40H,8-10,12,14-16,18-19H2/t23-,25+,28-/m0/s1. The first kappa shape index (κ1) is 33.1. The van der Waals surface area contributed by atoms with E-state index in [0.29, 0.717) is 29.7 Å². The number of hydrogen-bond acceptors (Lipinski definition) is 6. The monoisotopic (exact) mass is 622 g/mol. The maximum absolute atomic E-state index is 14.9. The van der Waals surface area contributed by atoms with Crippen molar-refractivity contribution in [1.82, 2.24) is 10.3 Å². The summed E-state index contributed by atoms with van der Waals surface area (Å²) in [5, 5.41) is 3.12. The normalized spacial score (nSPS) is 17.7. The Morgan fingerprint density at radius 2 is 1.82 bits per heavy atom. The largest absolute Gasteiger partial charge is 0.464 e. The molecule has 1 aliphatic rings. The lowest BCUT2D eigenvalue weighted by molar-refractivity contribution is -0.158. The van der Waals surface area contributed by atoms with E-state index in [0.717, 1.165) is 6.20 Å². The van der Waals surface area contributed by atoms with Crippen LogP contribution in [0, 0.1) is 17.5 Å². The van der Waals surface area contributed by atoms with Crippen LogP contribution in [-0.2, 0) is 31.9 Å². The van der Waals surface area contributed by atoms with Gasteiger partial charge in [-0.2, -0.15) is 13.2 Å². The van der Waals surface area contributed by atoms with Crippen molar-refractivity contribution in [2.45, 2.75) is 62.8 Å². The number of rotatable bonds is 13. The average Bonchev–Trinajstić information content (AvgIpc) is 2.98. The van der Waals surface area contributed by atoms with E-state index in [2.05, 4.69) is 10.3 Å². The van der Waals surface area contributed by atoms with Crippen LogP contribution in [-0.4, -0.2) is 54.8 Å². The molecule has 3 atom stereocenters. The number of Topliss-reactive ketones (excluding diaryl/α,β-unsaturated/α-hetero) is 1. The van der Waals surface area contributed by atoms with Crippen molar-refractivity contribution in [1.29, 1.82) is 0 Å². The Hall–Kier alpha value is -3.77. The summed E-state index contributed by atoms with van der Waals surface area (Å²) in [6, 6.07) is 11.1. The van der Waals surface area contributed by atoms with Crippen LogP contribution in [0.5, 0.6) is 0 Å². The van der Waals surface area contributed by atoms with Gasteiger partial charge in [-0.25, -0.2) is 13.2 Å². The number of ether oxygens (including phenoxy) is 2. The lowest BCUT2D eigenvalue weighted by atomic mass is 9.85. The van der Waals surface area contributed by atoms with Crippen LogP contribution in [0.25, 0.3) is 0 Å². The van der Waals surface area contributed by atoms with E-state index in [1.807, 2.05) is 0 Å². The summed E-state index contributed by atoms with van der Waals surface area (Å²) in [5.74, 6) is -3.42. The van der Waals surface area contributed by atoms with Crippen LogP contribution in [0.2, 0.25) is 0 Å². The summed E-state index contributed by atoms with van der Waals surface area (Å²) in [5.41, 5.74) is 1.66. The summed E-state index contributed by atoms with van der Waals surface area (Å²) >= 11 is 0. The highest BCUT2D eigenvalue weighted by Crippen LogP contribution is 2.31. The van der Waals surface area contributed by atoms with E-state index < -0.39 is 48.4 Å². The van der Waals surface area contributed by atoms with Gasteiger partial charge in [0, 0.05) is 31.5 Å². The minimum absolute atomic E-state index is 0.0942. The molecular formula is C32H32F6N2O4. The summed E-state index contributed by atoms with van der Waals surface area (Å²) in [7, 11) is 0. The van der Waals surface area contributed by atoms with Crippen LogP contribution >= 0.6 is 0 Å². The molecule has 2 aromatic carbocycles. The Balaban J connectivity index is 1.32. The molecule has 0 amide bonds. The Kier molecular flexibility index (Phi) is 11.5. The predicted molar refractivity (Wildman–Crippen MR) is 148 cm³/mol. The van der Waals surface area contributed by atoms with Crippen molar-refractivity contribution in [3.8, 4) is 0 Å². The number of alkyl halides is 3. The molecule has 0 aliphatic carbocycles. The van der Waals surface area contributed by atoms with Gasteiger partial charge < -0.3 is 14.8 Å². The van der Waals surface area contributed by atoms with Crippen molar-refractivity contribution in [2.75, 3.05) is 19.8 Å². The van der Waals surface area contributed by atoms with Gasteiger partial charge in [-0.05, 0) is 59.4 Å². The minimum atomic E-state index is -4.43. The fraction of sp³-hybridized carbons (Fsp3) is 0.406. The highest BCUT2D eigenvalue weighted by molar-refractivity contribution is 5.82. The van der Waals surface area contributed by atoms with E-state index in [1.165, 1.54) is 48.7 Å². The van der Waals surface area contributed by atoms with Gasteiger partial charge in [-0.1, -0.05) is 24.3 Å². The Bertz CT molecular complexity index is 1410. The number of halogens is 6. The van der Waals surface area contributed by atoms with Crippen molar-refractivity contribution in [3.05, 3.63) is 101 Å². The number of benzene rings is 2. The Morgan fingerprint density at radius 1 is 1.05 bits per heavy atom. The highest BCUT2D eigenvalue weighted by atomic mass is 19.4. The summed E-state index contributed by atoms with van der Waals surface area (Å²) < 4.78 is 90.7. The molecule has 1 fully saturated rings. The number of carbonyl (C=O) groups is 2. The first-order chi connectivity index (χ1) is 21.0. The second-order valence-electron chi connectivity index (χ2n) is 10.7. The van der Waals surface area contributed by atoms with Crippen LogP contribution in [0.1, 0.15) is 53.9 Å². The SMILES string of the molecule is O=C(Cc1cccc(F)c1CC[C@@H]1CN[C@H](COC(=O)CCC(F)(F)F)CO1)C[C@@H](c1ccc(F)cc1)c1ccncc1F. The maximum atomic E-state index is 14.9. The van der Waals surface area contributed by atoms with Gasteiger partial charge >= 0.3 is 12.1 Å². The molecule has 6 nitrogen and oxygen atoms in total. The number of nitrogens with zero attached hydrogens (tertiary/aromatic N) is 1. The van der Waals surface area contributed by atoms with Gasteiger partial charge in [0.05, 0.1) is 37.8 Å². The van der Waals surface area contributed by atoms with E-state index in [4.69, 9.17) is 9.47 Å². The van der Waals surface area contributed by atoms with Crippen LogP contribution < -0.4 is 5.32 Å². The smallest absolute Gasteiger partial charge is 0.389 e. The third-order valence-electron chi connectivity index (χ3n) is 7.43. The van der Waals surface area contributed by atoms with E-state index in [1.54, 1.807) is 6.07 Å². The van der Waals surface area contributed by atoms with Crippen LogP contribution in [0.15, 0.2) is 60.9 Å². The molecule has 236 valence electrons. The molecule has 3 aromatic rings. The summed E-state index contributed by atoms with van der Waals surface area (Å²) in [6.45, 7) is 0.367. The number of hydrogen-bond donors (Lipinski definition) is 1. The number of ketones is 1. The van der Waals surface area contributed by atoms with Crippen molar-refractivity contribution >= 4 is 11.8 Å². The molecule has 0 bridgehead atoms. The van der Waals surface area contributed by atoms with Gasteiger partial charge in [0.2, 0.25) is 0 Å². The summed E-state index contributed by atoms with van der Waals surface area (Å²) in [6.07, 6.45) is -3.79. The molecule has 4 rings (SSSR count). The molecule has 2 heterocycles. The molecule has 1 N–H and O–H groups in total. The number of nitrogens with one attached hydrogen (secondary N) is 1. The fourth-order valence-electron chi connectivity index (χ4n) is 5.11. The molecule has 0 saturated carbocycles. The third-order valence-corrected chi connectivity index (χ3v) is 7.43. The number of carbonyl (C=O) groups excluding carboxylic acids is 2. The van der Waals surface area contributed by atoms with Crippen molar-refractivity contribution in [2.24, 2.45) is 0 Å². The Labute approximate surface area is 250 Å². The second kappa shape index (κ2) is 15.3. The van der Waals surface area contributed by atoms with Crippen molar-refractivity contribution in [3.63, 3.8) is 0 Å². The maximum Gasteiger partial charge on any atom is 0.389 e. The second-order valence-corrected chi connectivity index (χ2v) is 10.7. The zero-order chi connectivity index (χ0) is 31.7. The number of morpholine rings is 1. The average molecular weight is 623 g/mol. The highest BCUT2D eigenvalue weighted by Gasteiger charge is 2.29. The molecular weight excluding hydrogens is 590 g/mol. The van der Waals surface area contributed by atoms with Gasteiger partial charge in [0.1, 0.15) is 29.8 Å². The van der Waals surface area contributed by atoms with E-state index in [9.17, 15) is 35.9 Å². The zero-order valence-electron chi connectivity index (χ0n) is 23.7. The Morgan fingerprint density at radius 3 is 2.50 bits per heavy atom.